The zero-order chi connectivity index (χ0) is 33.0. The molecule has 0 spiro atoms. The number of amides is 3. The number of aliphatic hydroxyl groups is 2. The van der Waals surface area contributed by atoms with Crippen molar-refractivity contribution >= 4 is 34.2 Å². The number of fused-ring (bicyclic) bond motifs is 1. The molecule has 6 N–H and O–H groups in total. The molecule has 2 rings (SSSR count). The SMILES string of the molecule is CCCC[C@@H](C(=O)N[C@@H](CC(C)C)[C@@H](O)CC(CC(C)O)C(=O)NCC(C)C)N(C(=O)[C@H](C)N)c1cccc2ccccc12. The molecule has 3 amide bonds. The minimum absolute atomic E-state index is 0.0813. The number of carbonyl (C=O) groups is 3. The number of hydrogen-bond donors (Lipinski definition) is 5. The molecular formula is C35H56N4O5. The van der Waals surface area contributed by atoms with E-state index in [-0.39, 0.29) is 42.4 Å². The Kier molecular flexibility index (Phi) is 15.3. The third kappa shape index (κ3) is 11.2. The van der Waals surface area contributed by atoms with E-state index in [0.717, 1.165) is 17.2 Å². The molecule has 2 aromatic carbocycles. The number of anilines is 1. The van der Waals surface area contributed by atoms with Crippen LogP contribution in [-0.2, 0) is 14.4 Å². The van der Waals surface area contributed by atoms with Gasteiger partial charge in [0.15, 0.2) is 0 Å². The highest BCUT2D eigenvalue weighted by Crippen LogP contribution is 2.30. The summed E-state index contributed by atoms with van der Waals surface area (Å²) < 4.78 is 0. The molecule has 6 atom stereocenters. The summed E-state index contributed by atoms with van der Waals surface area (Å²) in [7, 11) is 0. The van der Waals surface area contributed by atoms with Crippen LogP contribution in [0.5, 0.6) is 0 Å². The highest BCUT2D eigenvalue weighted by atomic mass is 16.3. The maximum Gasteiger partial charge on any atom is 0.244 e. The van der Waals surface area contributed by atoms with Crippen molar-refractivity contribution in [2.75, 3.05) is 11.4 Å². The second kappa shape index (κ2) is 18.1. The molecule has 0 fully saturated rings. The van der Waals surface area contributed by atoms with Crippen LogP contribution in [0.1, 0.15) is 87.0 Å². The number of aliphatic hydroxyl groups excluding tert-OH is 2. The van der Waals surface area contributed by atoms with Gasteiger partial charge >= 0.3 is 0 Å². The van der Waals surface area contributed by atoms with Crippen LogP contribution in [0.2, 0.25) is 0 Å². The predicted molar refractivity (Wildman–Crippen MR) is 178 cm³/mol. The molecule has 0 radical (unpaired) electrons. The summed E-state index contributed by atoms with van der Waals surface area (Å²) in [5.74, 6) is -1.20. The van der Waals surface area contributed by atoms with Crippen LogP contribution in [0, 0.1) is 17.8 Å². The average Bonchev–Trinajstić information content (AvgIpc) is 2.96. The van der Waals surface area contributed by atoms with Crippen molar-refractivity contribution < 1.29 is 24.6 Å². The van der Waals surface area contributed by atoms with Crippen LogP contribution in [0.3, 0.4) is 0 Å². The molecule has 0 saturated carbocycles. The van der Waals surface area contributed by atoms with Crippen molar-refractivity contribution in [3.05, 3.63) is 42.5 Å². The number of nitrogens with two attached hydrogens (primary N) is 1. The Balaban J connectivity index is 2.47. The van der Waals surface area contributed by atoms with Crippen LogP contribution in [0.4, 0.5) is 5.69 Å². The van der Waals surface area contributed by atoms with Gasteiger partial charge in [0, 0.05) is 17.8 Å². The molecule has 9 nitrogen and oxygen atoms in total. The quantitative estimate of drug-likeness (QED) is 0.167. The number of nitrogens with one attached hydrogen (secondary N) is 2. The lowest BCUT2D eigenvalue weighted by Crippen LogP contribution is -2.57. The molecule has 9 heteroatoms. The lowest BCUT2D eigenvalue weighted by Gasteiger charge is -2.35. The first kappa shape index (κ1) is 37.2. The maximum atomic E-state index is 14.2. The molecule has 0 aliphatic heterocycles. The molecular weight excluding hydrogens is 556 g/mol. The van der Waals surface area contributed by atoms with Gasteiger partial charge in [0.1, 0.15) is 6.04 Å². The Labute approximate surface area is 264 Å². The molecule has 44 heavy (non-hydrogen) atoms. The van der Waals surface area contributed by atoms with Crippen molar-refractivity contribution in [2.24, 2.45) is 23.5 Å². The molecule has 0 bridgehead atoms. The standard InChI is InChI=1S/C35H56N4O5/c1-8-9-16-31(39(35(44)25(7)36)30-17-12-14-26-13-10-11-15-28(26)30)34(43)38-29(18-22(2)3)32(41)20-27(19-24(6)40)33(42)37-21-23(4)5/h10-15,17,22-25,27,29,31-32,40-41H,8-9,16,18-21,36H2,1-7H3,(H,37,42)(H,38,43)/t24?,25-,27?,29-,31-,32-/m0/s1. The van der Waals surface area contributed by atoms with Crippen LogP contribution in [0.25, 0.3) is 10.8 Å². The van der Waals surface area contributed by atoms with Gasteiger partial charge < -0.3 is 26.6 Å². The number of nitrogens with zero attached hydrogens (tertiary/aromatic N) is 1. The van der Waals surface area contributed by atoms with E-state index in [2.05, 4.69) is 10.6 Å². The second-order valence-corrected chi connectivity index (χ2v) is 13.1. The number of benzene rings is 2. The van der Waals surface area contributed by atoms with E-state index in [0.29, 0.717) is 31.5 Å². The van der Waals surface area contributed by atoms with E-state index in [9.17, 15) is 24.6 Å². The first-order valence-corrected chi connectivity index (χ1v) is 16.3. The summed E-state index contributed by atoms with van der Waals surface area (Å²) in [6.07, 6.45) is 0.913. The van der Waals surface area contributed by atoms with E-state index < -0.39 is 36.3 Å². The second-order valence-electron chi connectivity index (χ2n) is 13.1. The minimum Gasteiger partial charge on any atom is -0.393 e. The number of rotatable bonds is 18. The van der Waals surface area contributed by atoms with Crippen molar-refractivity contribution in [1.82, 2.24) is 10.6 Å². The van der Waals surface area contributed by atoms with Crippen molar-refractivity contribution in [3.63, 3.8) is 0 Å². The fraction of sp³-hybridized carbons (Fsp3) is 0.629. The lowest BCUT2D eigenvalue weighted by molar-refractivity contribution is -0.129. The van der Waals surface area contributed by atoms with Crippen molar-refractivity contribution in [1.29, 1.82) is 0 Å². The third-order valence-corrected chi connectivity index (χ3v) is 7.82. The molecule has 246 valence electrons. The van der Waals surface area contributed by atoms with Gasteiger partial charge in [0.2, 0.25) is 17.7 Å². The first-order valence-electron chi connectivity index (χ1n) is 16.3. The van der Waals surface area contributed by atoms with Gasteiger partial charge in [-0.2, -0.15) is 0 Å². The van der Waals surface area contributed by atoms with Crippen molar-refractivity contribution in [3.8, 4) is 0 Å². The highest BCUT2D eigenvalue weighted by Gasteiger charge is 2.36. The minimum atomic E-state index is -1.04. The van der Waals surface area contributed by atoms with E-state index in [4.69, 9.17) is 5.73 Å². The van der Waals surface area contributed by atoms with Crippen LogP contribution >= 0.6 is 0 Å². The van der Waals surface area contributed by atoms with Gasteiger partial charge in [0.05, 0.1) is 30.0 Å². The number of unbranched alkanes of at least 4 members (excludes halogenated alkanes) is 1. The molecule has 0 heterocycles. The van der Waals surface area contributed by atoms with E-state index in [1.165, 1.54) is 4.90 Å². The molecule has 0 aliphatic carbocycles. The maximum absolute atomic E-state index is 14.2. The van der Waals surface area contributed by atoms with E-state index >= 15 is 0 Å². The normalized spacial score (nSPS) is 15.8. The monoisotopic (exact) mass is 612 g/mol. The predicted octanol–water partition coefficient (Wildman–Crippen LogP) is 4.52. The molecule has 2 aromatic rings. The van der Waals surface area contributed by atoms with Gasteiger partial charge in [-0.05, 0) is 62.8 Å². The summed E-state index contributed by atoms with van der Waals surface area (Å²) in [5.41, 5.74) is 6.76. The first-order chi connectivity index (χ1) is 20.8. The van der Waals surface area contributed by atoms with Crippen LogP contribution in [-0.4, -0.2) is 64.8 Å². The van der Waals surface area contributed by atoms with E-state index in [1.807, 2.05) is 77.1 Å². The number of carbonyl (C=O) groups excluding carboxylic acids is 3. The molecule has 0 aromatic heterocycles. The largest absolute Gasteiger partial charge is 0.393 e. The molecule has 0 aliphatic rings. The third-order valence-electron chi connectivity index (χ3n) is 7.82. The Morgan fingerprint density at radius 1 is 0.864 bits per heavy atom. The lowest BCUT2D eigenvalue weighted by atomic mass is 9.88. The zero-order valence-electron chi connectivity index (χ0n) is 27.8. The fourth-order valence-electron chi connectivity index (χ4n) is 5.58. The van der Waals surface area contributed by atoms with Gasteiger partial charge in [-0.25, -0.2) is 0 Å². The molecule has 0 saturated heterocycles. The smallest absolute Gasteiger partial charge is 0.244 e. The topological polar surface area (TPSA) is 145 Å². The number of hydrogen-bond acceptors (Lipinski definition) is 6. The van der Waals surface area contributed by atoms with Gasteiger partial charge in [-0.1, -0.05) is 83.9 Å². The summed E-state index contributed by atoms with van der Waals surface area (Å²) in [5, 5.41) is 29.4. The van der Waals surface area contributed by atoms with Gasteiger partial charge in [-0.3, -0.25) is 19.3 Å². The Bertz CT molecular complexity index is 1190. The fourth-order valence-corrected chi connectivity index (χ4v) is 5.58. The highest BCUT2D eigenvalue weighted by molar-refractivity contribution is 6.09. The summed E-state index contributed by atoms with van der Waals surface area (Å²) in [4.78, 5) is 42.5. The van der Waals surface area contributed by atoms with Crippen LogP contribution in [0.15, 0.2) is 42.5 Å². The van der Waals surface area contributed by atoms with Gasteiger partial charge in [0.25, 0.3) is 0 Å². The molecule has 2 unspecified atom stereocenters. The Morgan fingerprint density at radius 2 is 1.52 bits per heavy atom. The summed E-state index contributed by atoms with van der Waals surface area (Å²) >= 11 is 0. The summed E-state index contributed by atoms with van der Waals surface area (Å²) in [6.45, 7) is 13.8. The average molecular weight is 613 g/mol. The van der Waals surface area contributed by atoms with E-state index in [1.54, 1.807) is 13.8 Å². The van der Waals surface area contributed by atoms with Gasteiger partial charge in [-0.15, -0.1) is 0 Å². The summed E-state index contributed by atoms with van der Waals surface area (Å²) in [6, 6.07) is 11.0. The van der Waals surface area contributed by atoms with Crippen LogP contribution < -0.4 is 21.3 Å². The Hall–Kier alpha value is -3.01. The van der Waals surface area contributed by atoms with Crippen molar-refractivity contribution in [2.45, 2.75) is 117 Å². The zero-order valence-corrected chi connectivity index (χ0v) is 27.8. The Morgan fingerprint density at radius 3 is 2.11 bits per heavy atom.